The topological polar surface area (TPSA) is 132 Å². The monoisotopic (exact) mass is 648 g/mol. The number of nitrogens with one attached hydrogen (secondary N) is 4. The fourth-order valence-corrected chi connectivity index (χ4v) is 5.98. The molecule has 0 spiro atoms. The van der Waals surface area contributed by atoms with Gasteiger partial charge in [-0.15, -0.1) is 0 Å². The number of carbonyl (C=O) groups is 4. The van der Waals surface area contributed by atoms with Crippen LogP contribution < -0.4 is 21.3 Å². The smallest absolute Gasteiger partial charge is 0.249 e. The second-order valence-corrected chi connectivity index (χ2v) is 14.2. The minimum atomic E-state index is -0.659. The lowest BCUT2D eigenvalue weighted by atomic mass is 10.00. The van der Waals surface area contributed by atoms with Gasteiger partial charge in [0.05, 0.1) is 12.6 Å². The molecular formula is C36H52N6O5. The van der Waals surface area contributed by atoms with E-state index in [0.717, 1.165) is 18.4 Å². The molecule has 1 aromatic rings. The second-order valence-electron chi connectivity index (χ2n) is 14.2. The van der Waals surface area contributed by atoms with Crippen molar-refractivity contribution in [1.29, 1.82) is 0 Å². The van der Waals surface area contributed by atoms with Gasteiger partial charge in [0.1, 0.15) is 23.7 Å². The molecule has 256 valence electrons. The molecule has 1 saturated heterocycles. The lowest BCUT2D eigenvalue weighted by Crippen LogP contribution is -2.54. The zero-order valence-corrected chi connectivity index (χ0v) is 28.7. The minimum absolute atomic E-state index is 0.0679. The van der Waals surface area contributed by atoms with Crippen LogP contribution in [-0.2, 0) is 23.9 Å². The number of ether oxygens (including phenoxy) is 1. The molecule has 47 heavy (non-hydrogen) atoms. The fraction of sp³-hybridized carbons (Fsp3) is 0.556. The Morgan fingerprint density at radius 1 is 1.06 bits per heavy atom. The van der Waals surface area contributed by atoms with Crippen molar-refractivity contribution in [3.05, 3.63) is 72.3 Å². The van der Waals surface area contributed by atoms with E-state index in [1.54, 1.807) is 19.0 Å². The number of carbonyl (C=O) groups excluding carboxylic acids is 4. The molecule has 4 rings (SSSR count). The number of hydrogen-bond acceptors (Lipinski definition) is 7. The van der Waals surface area contributed by atoms with Crippen LogP contribution in [-0.4, -0.2) is 84.3 Å². The van der Waals surface area contributed by atoms with Crippen molar-refractivity contribution < 1.29 is 23.9 Å². The number of likely N-dealkylation sites (tertiary alicyclic amines) is 1. The van der Waals surface area contributed by atoms with E-state index < -0.39 is 35.7 Å². The number of benzene rings is 1. The van der Waals surface area contributed by atoms with Crippen LogP contribution in [0.3, 0.4) is 0 Å². The molecule has 11 heteroatoms. The van der Waals surface area contributed by atoms with Gasteiger partial charge in [0.15, 0.2) is 5.88 Å². The molecule has 1 saturated carbocycles. The Bertz CT molecular complexity index is 1380. The number of rotatable bonds is 14. The maximum atomic E-state index is 13.7. The van der Waals surface area contributed by atoms with Crippen LogP contribution in [0.25, 0.3) is 0 Å². The number of nitrogens with zero attached hydrogens (tertiary/aromatic N) is 2. The molecule has 4 N–H and O–H groups in total. The third kappa shape index (κ3) is 9.62. The molecule has 5 unspecified atom stereocenters. The van der Waals surface area contributed by atoms with Gasteiger partial charge in [-0.1, -0.05) is 63.3 Å². The maximum Gasteiger partial charge on any atom is 0.249 e. The molecule has 2 fully saturated rings. The summed E-state index contributed by atoms with van der Waals surface area (Å²) in [5.41, 5.74) is 1.08. The van der Waals surface area contributed by atoms with Gasteiger partial charge in [-0.3, -0.25) is 19.2 Å². The van der Waals surface area contributed by atoms with Gasteiger partial charge in [0, 0.05) is 37.8 Å². The first-order chi connectivity index (χ1) is 22.1. The molecule has 5 atom stereocenters. The van der Waals surface area contributed by atoms with E-state index in [4.69, 9.17) is 4.74 Å². The van der Waals surface area contributed by atoms with E-state index >= 15 is 0 Å². The summed E-state index contributed by atoms with van der Waals surface area (Å²) in [4.78, 5) is 56.7. The number of amides is 4. The fourth-order valence-electron chi connectivity index (χ4n) is 5.98. The predicted molar refractivity (Wildman–Crippen MR) is 181 cm³/mol. The van der Waals surface area contributed by atoms with Crippen LogP contribution in [0.1, 0.15) is 71.4 Å². The normalized spacial score (nSPS) is 21.9. The van der Waals surface area contributed by atoms with E-state index in [1.807, 2.05) is 64.1 Å². The zero-order valence-electron chi connectivity index (χ0n) is 28.7. The van der Waals surface area contributed by atoms with Crippen molar-refractivity contribution in [2.45, 2.75) is 89.6 Å². The summed E-state index contributed by atoms with van der Waals surface area (Å²) in [6.45, 7) is 16.5. The molecule has 2 aliphatic heterocycles. The average Bonchev–Trinajstić information content (AvgIpc) is 3.56. The lowest BCUT2D eigenvalue weighted by Gasteiger charge is -2.30. The molecule has 0 bridgehead atoms. The summed E-state index contributed by atoms with van der Waals surface area (Å²) in [7, 11) is 3.37. The summed E-state index contributed by atoms with van der Waals surface area (Å²) in [5.74, 6) is -0.0809. The van der Waals surface area contributed by atoms with Gasteiger partial charge in [-0.05, 0) is 57.6 Å². The van der Waals surface area contributed by atoms with Crippen LogP contribution in [0.15, 0.2) is 66.7 Å². The largest absolute Gasteiger partial charge is 0.474 e. The highest BCUT2D eigenvalue weighted by atomic mass is 16.5. The summed E-state index contributed by atoms with van der Waals surface area (Å²) < 4.78 is 5.95. The Hall–Kier alpha value is -4.28. The van der Waals surface area contributed by atoms with Crippen molar-refractivity contribution in [1.82, 2.24) is 31.1 Å². The highest BCUT2D eigenvalue weighted by molar-refractivity contribution is 5.96. The Morgan fingerprint density at radius 2 is 1.74 bits per heavy atom. The van der Waals surface area contributed by atoms with Crippen LogP contribution in [0, 0.1) is 11.8 Å². The molecule has 11 nitrogen and oxygen atoms in total. The first kappa shape index (κ1) is 35.6. The van der Waals surface area contributed by atoms with Crippen molar-refractivity contribution in [3.63, 3.8) is 0 Å². The van der Waals surface area contributed by atoms with Gasteiger partial charge < -0.3 is 35.8 Å². The van der Waals surface area contributed by atoms with Crippen LogP contribution in [0.2, 0.25) is 0 Å². The molecule has 1 aliphatic carbocycles. The first-order valence-electron chi connectivity index (χ1n) is 16.6. The Kier molecular flexibility index (Phi) is 11.4. The Morgan fingerprint density at radius 3 is 2.36 bits per heavy atom. The van der Waals surface area contributed by atoms with E-state index in [2.05, 4.69) is 34.4 Å². The van der Waals surface area contributed by atoms with Crippen molar-refractivity contribution >= 4 is 23.6 Å². The lowest BCUT2D eigenvalue weighted by molar-refractivity contribution is -0.140. The second kappa shape index (κ2) is 15.1. The van der Waals surface area contributed by atoms with Crippen LogP contribution >= 0.6 is 0 Å². The average molecular weight is 649 g/mol. The van der Waals surface area contributed by atoms with Gasteiger partial charge in [0.2, 0.25) is 23.6 Å². The molecule has 4 amide bonds. The highest BCUT2D eigenvalue weighted by Crippen LogP contribution is 2.35. The molecule has 0 aromatic heterocycles. The Balaban J connectivity index is 1.35. The molecule has 0 radical (unpaired) electrons. The standard InChI is InChI=1S/C36H52N6O5/c1-22-19-29(47-36(4,5)6)40-30(22)35(46)42-18-12-15-28(42)33(44)39-27(20-25-16-17-25)24(3)32(43)37-21-23(2)38-31(34(45)41(7)8)26-13-10-9-11-14-26/h9-11,13-14,19,22,25,27-28,30-31,38,40H,2-3,12,15-18,20-21H2,1,4-8H3,(H,37,43)(H,39,44). The van der Waals surface area contributed by atoms with Crippen molar-refractivity contribution in [2.24, 2.45) is 11.8 Å². The highest BCUT2D eigenvalue weighted by Gasteiger charge is 2.42. The molecule has 2 heterocycles. The van der Waals surface area contributed by atoms with E-state index in [-0.39, 0.29) is 35.8 Å². The summed E-state index contributed by atoms with van der Waals surface area (Å²) in [6, 6.07) is 6.94. The number of likely N-dealkylation sites (N-methyl/N-ethyl adjacent to an activating group) is 1. The van der Waals surface area contributed by atoms with Gasteiger partial charge >= 0.3 is 0 Å². The Labute approximate surface area is 279 Å². The quantitative estimate of drug-likeness (QED) is 0.228. The van der Waals surface area contributed by atoms with E-state index in [0.29, 0.717) is 43.3 Å². The molecular weight excluding hydrogens is 596 g/mol. The summed E-state index contributed by atoms with van der Waals surface area (Å²) in [6.07, 6.45) is 5.85. The SMILES string of the molecule is C=C(CNC(=O)C(=C)C(CC1CC1)NC(=O)C1CCCN1C(=O)C1NC(OC(C)(C)C)=CC1C)NC(C(=O)N(C)C)c1ccccc1. The van der Waals surface area contributed by atoms with Crippen LogP contribution in [0.4, 0.5) is 0 Å². The van der Waals surface area contributed by atoms with E-state index in [9.17, 15) is 19.2 Å². The first-order valence-corrected chi connectivity index (χ1v) is 16.6. The van der Waals surface area contributed by atoms with Gasteiger partial charge in [-0.25, -0.2) is 0 Å². The number of hydrogen-bond donors (Lipinski definition) is 4. The molecule has 3 aliphatic rings. The predicted octanol–water partition coefficient (Wildman–Crippen LogP) is 3.13. The minimum Gasteiger partial charge on any atom is -0.474 e. The van der Waals surface area contributed by atoms with E-state index in [1.165, 1.54) is 4.90 Å². The third-order valence-electron chi connectivity index (χ3n) is 8.68. The molecule has 1 aromatic carbocycles. The van der Waals surface area contributed by atoms with Crippen molar-refractivity contribution in [3.8, 4) is 0 Å². The third-order valence-corrected chi connectivity index (χ3v) is 8.68. The van der Waals surface area contributed by atoms with Crippen molar-refractivity contribution in [2.75, 3.05) is 27.2 Å². The zero-order chi connectivity index (χ0) is 34.5. The maximum absolute atomic E-state index is 13.7. The summed E-state index contributed by atoms with van der Waals surface area (Å²) >= 11 is 0. The van der Waals surface area contributed by atoms with Gasteiger partial charge in [0.25, 0.3) is 0 Å². The van der Waals surface area contributed by atoms with Gasteiger partial charge in [-0.2, -0.15) is 0 Å². The van der Waals surface area contributed by atoms with Crippen LogP contribution in [0.5, 0.6) is 0 Å². The summed E-state index contributed by atoms with van der Waals surface area (Å²) in [5, 5.41) is 12.3.